The minimum absolute atomic E-state index is 0.917. The fourth-order valence-electron chi connectivity index (χ4n) is 2.40. The largest absolute Gasteiger partial charge is 0.320 e. The summed E-state index contributed by atoms with van der Waals surface area (Å²) in [6.07, 6.45) is 1.98. The Hall–Kier alpha value is -1.74. The van der Waals surface area contributed by atoms with Crippen molar-refractivity contribution in [1.82, 2.24) is 15.3 Å². The Balaban J connectivity index is 2.31. The molecule has 0 saturated carbocycles. The van der Waals surface area contributed by atoms with E-state index in [0.29, 0.717) is 0 Å². The van der Waals surface area contributed by atoms with E-state index < -0.39 is 0 Å². The fourth-order valence-corrected chi connectivity index (χ4v) is 2.40. The number of nitrogens with zero attached hydrogens (tertiary/aromatic N) is 2. The van der Waals surface area contributed by atoms with E-state index in [1.54, 1.807) is 0 Å². The lowest BCUT2D eigenvalue weighted by Gasteiger charge is -2.09. The van der Waals surface area contributed by atoms with Crippen molar-refractivity contribution in [3.05, 3.63) is 46.9 Å². The first-order chi connectivity index (χ1) is 9.60. The number of rotatable bonds is 5. The van der Waals surface area contributed by atoms with Crippen molar-refractivity contribution >= 4 is 0 Å². The molecule has 3 nitrogen and oxygen atoms in total. The Morgan fingerprint density at radius 2 is 1.85 bits per heavy atom. The molecule has 1 aromatic heterocycles. The smallest absolute Gasteiger partial charge is 0.129 e. The topological polar surface area (TPSA) is 37.8 Å². The molecule has 0 aliphatic rings. The number of hydrogen-bond donors (Lipinski definition) is 1. The molecule has 20 heavy (non-hydrogen) atoms. The average Bonchev–Trinajstić information content (AvgIpc) is 2.38. The normalized spacial score (nSPS) is 10.8. The van der Waals surface area contributed by atoms with Crippen LogP contribution < -0.4 is 5.32 Å². The van der Waals surface area contributed by atoms with Crippen molar-refractivity contribution in [2.75, 3.05) is 13.6 Å². The van der Waals surface area contributed by atoms with Crippen LogP contribution in [0.5, 0.6) is 0 Å². The van der Waals surface area contributed by atoms with E-state index in [4.69, 9.17) is 4.98 Å². The quantitative estimate of drug-likeness (QED) is 0.847. The summed E-state index contributed by atoms with van der Waals surface area (Å²) in [6, 6.07) is 8.57. The fraction of sp³-hybridized carbons (Fsp3) is 0.412. The second kappa shape index (κ2) is 6.62. The van der Waals surface area contributed by atoms with Gasteiger partial charge in [0.2, 0.25) is 0 Å². The molecule has 0 spiro atoms. The van der Waals surface area contributed by atoms with E-state index in [1.165, 1.54) is 16.7 Å². The molecule has 0 fully saturated rings. The van der Waals surface area contributed by atoms with Gasteiger partial charge >= 0.3 is 0 Å². The Bertz CT molecular complexity index is 591. The van der Waals surface area contributed by atoms with Gasteiger partial charge in [0.1, 0.15) is 5.82 Å². The van der Waals surface area contributed by atoms with E-state index in [-0.39, 0.29) is 0 Å². The standard InChI is InChI=1S/C17H23N3/c1-12-7-8-15(13(2)10-12)16-11-14(3)19-17(20-16)6-5-9-18-4/h7-8,10-11,18H,5-6,9H2,1-4H3. The summed E-state index contributed by atoms with van der Waals surface area (Å²) in [5, 5.41) is 3.16. The lowest BCUT2D eigenvalue weighted by molar-refractivity contribution is 0.701. The van der Waals surface area contributed by atoms with Gasteiger partial charge in [0.15, 0.2) is 0 Å². The zero-order chi connectivity index (χ0) is 14.5. The maximum Gasteiger partial charge on any atom is 0.129 e. The van der Waals surface area contributed by atoms with Gasteiger partial charge in [-0.25, -0.2) is 9.97 Å². The zero-order valence-corrected chi connectivity index (χ0v) is 12.8. The van der Waals surface area contributed by atoms with Crippen LogP contribution >= 0.6 is 0 Å². The van der Waals surface area contributed by atoms with Crippen LogP contribution in [0.2, 0.25) is 0 Å². The third-order valence-corrected chi connectivity index (χ3v) is 3.39. The zero-order valence-electron chi connectivity index (χ0n) is 12.8. The van der Waals surface area contributed by atoms with Crippen LogP contribution in [0, 0.1) is 20.8 Å². The van der Waals surface area contributed by atoms with E-state index >= 15 is 0 Å². The summed E-state index contributed by atoms with van der Waals surface area (Å²) < 4.78 is 0. The average molecular weight is 269 g/mol. The van der Waals surface area contributed by atoms with Crippen LogP contribution in [0.4, 0.5) is 0 Å². The molecule has 1 aromatic carbocycles. The highest BCUT2D eigenvalue weighted by Gasteiger charge is 2.07. The number of aryl methyl sites for hydroxylation is 4. The van der Waals surface area contributed by atoms with E-state index in [2.05, 4.69) is 48.4 Å². The molecule has 3 heteroatoms. The molecule has 0 amide bonds. The summed E-state index contributed by atoms with van der Waals surface area (Å²) in [5.41, 5.74) is 5.83. The van der Waals surface area contributed by atoms with E-state index in [0.717, 1.165) is 36.6 Å². The summed E-state index contributed by atoms with van der Waals surface area (Å²) >= 11 is 0. The van der Waals surface area contributed by atoms with Gasteiger partial charge < -0.3 is 5.32 Å². The van der Waals surface area contributed by atoms with Gasteiger partial charge in [0.25, 0.3) is 0 Å². The molecule has 1 heterocycles. The molecule has 2 aromatic rings. The van der Waals surface area contributed by atoms with Crippen molar-refractivity contribution in [3.63, 3.8) is 0 Å². The van der Waals surface area contributed by atoms with Crippen LogP contribution in [0.3, 0.4) is 0 Å². The third kappa shape index (κ3) is 3.64. The Labute approximate surface area is 121 Å². The monoisotopic (exact) mass is 269 g/mol. The van der Waals surface area contributed by atoms with Crippen LogP contribution in [-0.4, -0.2) is 23.6 Å². The van der Waals surface area contributed by atoms with E-state index in [1.807, 2.05) is 14.0 Å². The molecule has 0 aliphatic heterocycles. The lowest BCUT2D eigenvalue weighted by atomic mass is 10.0. The van der Waals surface area contributed by atoms with Gasteiger partial charge in [-0.1, -0.05) is 23.8 Å². The lowest BCUT2D eigenvalue weighted by Crippen LogP contribution is -2.10. The number of hydrogen-bond acceptors (Lipinski definition) is 3. The molecule has 1 N–H and O–H groups in total. The Kier molecular flexibility index (Phi) is 4.85. The van der Waals surface area contributed by atoms with Crippen molar-refractivity contribution in [3.8, 4) is 11.3 Å². The van der Waals surface area contributed by atoms with Crippen molar-refractivity contribution < 1.29 is 0 Å². The highest BCUT2D eigenvalue weighted by molar-refractivity contribution is 5.64. The second-order valence-corrected chi connectivity index (χ2v) is 5.34. The van der Waals surface area contributed by atoms with Gasteiger partial charge in [0.05, 0.1) is 5.69 Å². The maximum atomic E-state index is 4.73. The first-order valence-electron chi connectivity index (χ1n) is 7.17. The highest BCUT2D eigenvalue weighted by atomic mass is 14.9. The van der Waals surface area contributed by atoms with Crippen molar-refractivity contribution in [1.29, 1.82) is 0 Å². The minimum Gasteiger partial charge on any atom is -0.320 e. The van der Waals surface area contributed by atoms with Crippen LogP contribution in [0.15, 0.2) is 24.3 Å². The molecule has 2 rings (SSSR count). The maximum absolute atomic E-state index is 4.73. The third-order valence-electron chi connectivity index (χ3n) is 3.39. The number of aromatic nitrogens is 2. The summed E-state index contributed by atoms with van der Waals surface area (Å²) in [7, 11) is 1.97. The second-order valence-electron chi connectivity index (χ2n) is 5.34. The molecule has 0 aliphatic carbocycles. The number of nitrogens with one attached hydrogen (secondary N) is 1. The van der Waals surface area contributed by atoms with Gasteiger partial charge in [-0.2, -0.15) is 0 Å². The molecule has 0 radical (unpaired) electrons. The van der Waals surface area contributed by atoms with Gasteiger partial charge in [-0.3, -0.25) is 0 Å². The van der Waals surface area contributed by atoms with Crippen LogP contribution in [-0.2, 0) is 6.42 Å². The summed E-state index contributed by atoms with van der Waals surface area (Å²) in [4.78, 5) is 9.27. The first-order valence-corrected chi connectivity index (χ1v) is 7.17. The highest BCUT2D eigenvalue weighted by Crippen LogP contribution is 2.23. The van der Waals surface area contributed by atoms with Crippen LogP contribution in [0.1, 0.15) is 29.1 Å². The number of benzene rings is 1. The van der Waals surface area contributed by atoms with Crippen molar-refractivity contribution in [2.24, 2.45) is 0 Å². The first kappa shape index (κ1) is 14.7. The predicted molar refractivity (Wildman–Crippen MR) is 83.9 cm³/mol. The summed E-state index contributed by atoms with van der Waals surface area (Å²) in [6.45, 7) is 7.29. The molecule has 0 unspecified atom stereocenters. The van der Waals surface area contributed by atoms with Gasteiger partial charge in [-0.15, -0.1) is 0 Å². The van der Waals surface area contributed by atoms with Crippen molar-refractivity contribution in [2.45, 2.75) is 33.6 Å². The summed E-state index contributed by atoms with van der Waals surface area (Å²) in [5.74, 6) is 0.940. The van der Waals surface area contributed by atoms with Gasteiger partial charge in [-0.05, 0) is 52.4 Å². The predicted octanol–water partition coefficient (Wildman–Crippen LogP) is 3.22. The minimum atomic E-state index is 0.917. The molecular formula is C17H23N3. The molecule has 0 bridgehead atoms. The van der Waals surface area contributed by atoms with E-state index in [9.17, 15) is 0 Å². The molecule has 106 valence electrons. The Morgan fingerprint density at radius 3 is 2.55 bits per heavy atom. The Morgan fingerprint density at radius 1 is 1.05 bits per heavy atom. The molecule has 0 atom stereocenters. The van der Waals surface area contributed by atoms with Crippen LogP contribution in [0.25, 0.3) is 11.3 Å². The SMILES string of the molecule is CNCCCc1nc(C)cc(-c2ccc(C)cc2C)n1. The molecule has 0 saturated heterocycles. The molecular weight excluding hydrogens is 246 g/mol. The van der Waals surface area contributed by atoms with Gasteiger partial charge in [0, 0.05) is 17.7 Å².